The van der Waals surface area contributed by atoms with E-state index < -0.39 is 15.1 Å². The summed E-state index contributed by atoms with van der Waals surface area (Å²) in [6.45, 7) is 1.21. The molecule has 0 amide bonds. The van der Waals surface area contributed by atoms with Crippen molar-refractivity contribution in [1.29, 1.82) is 0 Å². The molecule has 0 radical (unpaired) electrons. The SMILES string of the molecule is CNc1ccc(Cl)c(S(=O)(=O)C2CCCNC2)c1O. The number of nitrogens with one attached hydrogen (secondary N) is 2. The molecule has 1 saturated heterocycles. The fourth-order valence-corrected chi connectivity index (χ4v) is 4.61. The molecular weight excluding hydrogens is 288 g/mol. The molecule has 106 valence electrons. The van der Waals surface area contributed by atoms with E-state index in [1.807, 2.05) is 0 Å². The normalized spacial score (nSPS) is 20.2. The molecule has 1 fully saturated rings. The van der Waals surface area contributed by atoms with Crippen LogP contribution in [0.1, 0.15) is 12.8 Å². The van der Waals surface area contributed by atoms with Crippen LogP contribution in [-0.4, -0.2) is 38.9 Å². The Hall–Kier alpha value is -0.980. The number of piperidine rings is 1. The number of anilines is 1. The van der Waals surface area contributed by atoms with Gasteiger partial charge < -0.3 is 15.7 Å². The number of sulfone groups is 1. The Bertz CT molecular complexity index is 569. The quantitative estimate of drug-likeness (QED) is 0.740. The summed E-state index contributed by atoms with van der Waals surface area (Å²) in [4.78, 5) is -0.172. The summed E-state index contributed by atoms with van der Waals surface area (Å²) in [7, 11) is -2.03. The molecule has 1 atom stereocenters. The molecule has 1 unspecified atom stereocenters. The third kappa shape index (κ3) is 2.66. The average molecular weight is 305 g/mol. The maximum absolute atomic E-state index is 12.6. The van der Waals surface area contributed by atoms with Crippen LogP contribution in [0.25, 0.3) is 0 Å². The average Bonchev–Trinajstić information content (AvgIpc) is 2.40. The Labute approximate surface area is 117 Å². The molecule has 0 spiro atoms. The minimum Gasteiger partial charge on any atom is -0.504 e. The zero-order valence-corrected chi connectivity index (χ0v) is 12.2. The highest BCUT2D eigenvalue weighted by Gasteiger charge is 2.33. The van der Waals surface area contributed by atoms with E-state index in [1.54, 1.807) is 13.1 Å². The monoisotopic (exact) mass is 304 g/mol. The van der Waals surface area contributed by atoms with Crippen LogP contribution in [0.15, 0.2) is 17.0 Å². The van der Waals surface area contributed by atoms with Gasteiger partial charge in [-0.25, -0.2) is 8.42 Å². The second kappa shape index (κ2) is 5.56. The van der Waals surface area contributed by atoms with Gasteiger partial charge in [0.1, 0.15) is 4.90 Å². The van der Waals surface area contributed by atoms with Crippen LogP contribution in [0.5, 0.6) is 5.75 Å². The first-order chi connectivity index (χ1) is 8.98. The van der Waals surface area contributed by atoms with Gasteiger partial charge in [0.25, 0.3) is 0 Å². The lowest BCUT2D eigenvalue weighted by atomic mass is 10.2. The molecule has 1 aromatic rings. The Balaban J connectivity index is 2.50. The van der Waals surface area contributed by atoms with E-state index in [4.69, 9.17) is 11.6 Å². The third-order valence-electron chi connectivity index (χ3n) is 3.33. The number of benzene rings is 1. The molecule has 3 N–H and O–H groups in total. The topological polar surface area (TPSA) is 78.4 Å². The third-order valence-corrected chi connectivity index (χ3v) is 6.02. The molecule has 0 aliphatic carbocycles. The summed E-state index contributed by atoms with van der Waals surface area (Å²) in [5.74, 6) is -0.305. The first kappa shape index (κ1) is 14.4. The highest BCUT2D eigenvalue weighted by molar-refractivity contribution is 7.92. The van der Waals surface area contributed by atoms with Gasteiger partial charge in [-0.2, -0.15) is 0 Å². The fourth-order valence-electron chi connectivity index (χ4n) is 2.27. The summed E-state index contributed by atoms with van der Waals surface area (Å²) in [5.41, 5.74) is 0.353. The van der Waals surface area contributed by atoms with Gasteiger partial charge in [-0.05, 0) is 31.5 Å². The number of hydrogen-bond donors (Lipinski definition) is 3. The maximum Gasteiger partial charge on any atom is 0.187 e. The van der Waals surface area contributed by atoms with Crippen LogP contribution >= 0.6 is 11.6 Å². The van der Waals surface area contributed by atoms with E-state index in [0.717, 1.165) is 13.0 Å². The Morgan fingerprint density at radius 2 is 2.21 bits per heavy atom. The van der Waals surface area contributed by atoms with Gasteiger partial charge in [0, 0.05) is 13.6 Å². The standard InChI is InChI=1S/C12H17ClN2O3S/c1-14-10-5-4-9(13)12(11(10)16)19(17,18)8-3-2-6-15-7-8/h4-5,8,14-16H,2-3,6-7H2,1H3. The summed E-state index contributed by atoms with van der Waals surface area (Å²) in [5, 5.41) is 15.4. The molecule has 0 aromatic heterocycles. The van der Waals surface area contributed by atoms with Crippen molar-refractivity contribution < 1.29 is 13.5 Å². The fraction of sp³-hybridized carbons (Fsp3) is 0.500. The number of phenols is 1. The smallest absolute Gasteiger partial charge is 0.187 e. The predicted octanol–water partition coefficient (Wildman–Crippen LogP) is 1.61. The van der Waals surface area contributed by atoms with Crippen molar-refractivity contribution in [3.8, 4) is 5.75 Å². The number of hydrogen-bond acceptors (Lipinski definition) is 5. The molecule has 1 aliphatic heterocycles. The lowest BCUT2D eigenvalue weighted by Crippen LogP contribution is -2.38. The molecule has 0 bridgehead atoms. The number of rotatable bonds is 3. The van der Waals surface area contributed by atoms with Crippen molar-refractivity contribution in [2.75, 3.05) is 25.5 Å². The van der Waals surface area contributed by atoms with Crippen LogP contribution in [0.2, 0.25) is 5.02 Å². The second-order valence-corrected chi connectivity index (χ2v) is 7.11. The van der Waals surface area contributed by atoms with Crippen LogP contribution < -0.4 is 10.6 Å². The van der Waals surface area contributed by atoms with Crippen molar-refractivity contribution in [2.24, 2.45) is 0 Å². The first-order valence-electron chi connectivity index (χ1n) is 6.12. The molecule has 19 heavy (non-hydrogen) atoms. The Kier molecular flexibility index (Phi) is 4.23. The molecular formula is C12H17ClN2O3S. The molecule has 1 aromatic carbocycles. The van der Waals surface area contributed by atoms with Crippen molar-refractivity contribution >= 4 is 27.1 Å². The maximum atomic E-state index is 12.6. The van der Waals surface area contributed by atoms with E-state index in [2.05, 4.69) is 10.6 Å². The van der Waals surface area contributed by atoms with Gasteiger partial charge in [-0.3, -0.25) is 0 Å². The highest BCUT2D eigenvalue weighted by Crippen LogP contribution is 2.39. The van der Waals surface area contributed by atoms with Crippen LogP contribution in [0.4, 0.5) is 5.69 Å². The van der Waals surface area contributed by atoms with Crippen molar-refractivity contribution in [2.45, 2.75) is 23.0 Å². The number of aromatic hydroxyl groups is 1. The van der Waals surface area contributed by atoms with Gasteiger partial charge in [-0.1, -0.05) is 11.6 Å². The summed E-state index contributed by atoms with van der Waals surface area (Å²) in [6.07, 6.45) is 1.38. The molecule has 0 saturated carbocycles. The molecule has 1 aliphatic rings. The summed E-state index contributed by atoms with van der Waals surface area (Å²) < 4.78 is 25.2. The molecule has 5 nitrogen and oxygen atoms in total. The minimum atomic E-state index is -3.64. The lowest BCUT2D eigenvalue weighted by molar-refractivity contribution is 0.456. The summed E-state index contributed by atoms with van der Waals surface area (Å²) >= 11 is 5.97. The zero-order chi connectivity index (χ0) is 14.0. The van der Waals surface area contributed by atoms with Crippen LogP contribution in [0, 0.1) is 0 Å². The van der Waals surface area contributed by atoms with Crippen molar-refractivity contribution in [1.82, 2.24) is 5.32 Å². The first-order valence-corrected chi connectivity index (χ1v) is 8.04. The number of phenolic OH excluding ortho intramolecular Hbond substituents is 1. The van der Waals surface area contributed by atoms with E-state index in [0.29, 0.717) is 18.7 Å². The van der Waals surface area contributed by atoms with E-state index in [-0.39, 0.29) is 15.7 Å². The van der Waals surface area contributed by atoms with Gasteiger partial charge in [0.2, 0.25) is 0 Å². The van der Waals surface area contributed by atoms with Crippen LogP contribution in [-0.2, 0) is 9.84 Å². The molecule has 2 rings (SSSR count). The largest absolute Gasteiger partial charge is 0.504 e. The van der Waals surface area contributed by atoms with Crippen molar-refractivity contribution in [3.05, 3.63) is 17.2 Å². The van der Waals surface area contributed by atoms with Gasteiger partial charge in [0.05, 0.1) is 16.0 Å². The summed E-state index contributed by atoms with van der Waals surface area (Å²) in [6, 6.07) is 3.03. The van der Waals surface area contributed by atoms with Gasteiger partial charge >= 0.3 is 0 Å². The van der Waals surface area contributed by atoms with Gasteiger partial charge in [-0.15, -0.1) is 0 Å². The predicted molar refractivity (Wildman–Crippen MR) is 75.7 cm³/mol. The number of halogens is 1. The highest BCUT2D eigenvalue weighted by atomic mass is 35.5. The second-order valence-electron chi connectivity index (χ2n) is 4.54. The van der Waals surface area contributed by atoms with Gasteiger partial charge in [0.15, 0.2) is 15.6 Å². The Morgan fingerprint density at radius 3 is 2.79 bits per heavy atom. The van der Waals surface area contributed by atoms with Crippen molar-refractivity contribution in [3.63, 3.8) is 0 Å². The minimum absolute atomic E-state index is 0.0575. The molecule has 1 heterocycles. The van der Waals surface area contributed by atoms with E-state index >= 15 is 0 Å². The zero-order valence-electron chi connectivity index (χ0n) is 10.6. The lowest BCUT2D eigenvalue weighted by Gasteiger charge is -2.24. The van der Waals surface area contributed by atoms with E-state index in [9.17, 15) is 13.5 Å². The van der Waals surface area contributed by atoms with E-state index in [1.165, 1.54) is 6.07 Å². The molecule has 7 heteroatoms. The van der Waals surface area contributed by atoms with Crippen LogP contribution in [0.3, 0.4) is 0 Å². The Morgan fingerprint density at radius 1 is 1.47 bits per heavy atom.